The third-order valence-electron chi connectivity index (χ3n) is 10.4. The van der Waals surface area contributed by atoms with Gasteiger partial charge in [0.25, 0.3) is 6.71 Å². The Morgan fingerprint density at radius 1 is 0.333 bits per heavy atom. The predicted molar refractivity (Wildman–Crippen MR) is 193 cm³/mol. The van der Waals surface area contributed by atoms with E-state index in [0.29, 0.717) is 0 Å². The highest BCUT2D eigenvalue weighted by Crippen LogP contribution is 2.44. The number of hydrogen-bond donors (Lipinski definition) is 0. The Morgan fingerprint density at radius 3 is 1.35 bits per heavy atom. The summed E-state index contributed by atoms with van der Waals surface area (Å²) in [5.74, 6) is 4.95. The van der Waals surface area contributed by atoms with Gasteiger partial charge in [-0.25, -0.2) is 0 Å². The molecule has 0 N–H and O–H groups in total. The first-order valence-corrected chi connectivity index (χ1v) is 16.3. The van der Waals surface area contributed by atoms with Crippen molar-refractivity contribution in [2.24, 2.45) is 0 Å². The first kappa shape index (κ1) is 24.8. The van der Waals surface area contributed by atoms with E-state index in [1.165, 1.54) is 27.1 Å². The fourth-order valence-corrected chi connectivity index (χ4v) is 8.50. The summed E-state index contributed by atoms with van der Waals surface area (Å²) in [6, 6.07) is 49.2. The van der Waals surface area contributed by atoms with Gasteiger partial charge in [-0.2, -0.15) is 0 Å². The van der Waals surface area contributed by atoms with Crippen LogP contribution in [-0.2, 0) is 0 Å². The van der Waals surface area contributed by atoms with Crippen molar-refractivity contribution in [1.82, 2.24) is 9.13 Å². The van der Waals surface area contributed by atoms with Crippen LogP contribution in [0.3, 0.4) is 0 Å². The van der Waals surface area contributed by atoms with E-state index in [4.69, 9.17) is 14.2 Å². The topological polar surface area (TPSA) is 37.5 Å². The standard InChI is InChI=1S/C42H23BN2O3/c1-2-10-24(11-3-1)44-30-14-6-4-12-26(30)28-22-29-27-13-5-7-15-31(27)45(33(29)23-32(28)44)25-20-38-42-39(21-25)48-37-19-9-17-35-41(37)43(42)40-34(46-35)16-8-18-36(40)47-38/h1-23H. The molecule has 9 aromatic rings. The minimum atomic E-state index is -0.0166. The van der Waals surface area contributed by atoms with E-state index in [2.05, 4.69) is 112 Å². The van der Waals surface area contributed by atoms with Crippen LogP contribution in [0, 0.1) is 0 Å². The van der Waals surface area contributed by atoms with Crippen LogP contribution >= 0.6 is 0 Å². The Balaban J connectivity index is 1.17. The second-order valence-electron chi connectivity index (χ2n) is 12.9. The number of aromatic nitrogens is 2. The van der Waals surface area contributed by atoms with Gasteiger partial charge in [-0.15, -0.1) is 0 Å². The van der Waals surface area contributed by atoms with E-state index in [9.17, 15) is 0 Å². The van der Waals surface area contributed by atoms with E-state index in [0.717, 1.165) is 78.8 Å². The summed E-state index contributed by atoms with van der Waals surface area (Å²) in [5.41, 5.74) is 9.91. The Hall–Kier alpha value is -6.40. The van der Waals surface area contributed by atoms with Crippen molar-refractivity contribution >= 4 is 66.7 Å². The number of para-hydroxylation sites is 3. The van der Waals surface area contributed by atoms with Gasteiger partial charge in [0, 0.05) is 55.8 Å². The van der Waals surface area contributed by atoms with Crippen molar-refractivity contribution in [3.05, 3.63) is 140 Å². The Labute approximate surface area is 274 Å². The molecule has 48 heavy (non-hydrogen) atoms. The summed E-state index contributed by atoms with van der Waals surface area (Å²) in [5, 5.41) is 4.88. The van der Waals surface area contributed by atoms with Crippen LogP contribution in [0.2, 0.25) is 0 Å². The maximum absolute atomic E-state index is 6.72. The number of rotatable bonds is 2. The molecule has 222 valence electrons. The van der Waals surface area contributed by atoms with Crippen LogP contribution < -0.4 is 30.6 Å². The molecule has 0 unspecified atom stereocenters. The van der Waals surface area contributed by atoms with Gasteiger partial charge >= 0.3 is 0 Å². The molecule has 0 bridgehead atoms. The lowest BCUT2D eigenvalue weighted by molar-refractivity contribution is 0.442. The van der Waals surface area contributed by atoms with Crippen molar-refractivity contribution in [1.29, 1.82) is 0 Å². The second kappa shape index (κ2) is 8.69. The second-order valence-corrected chi connectivity index (χ2v) is 12.9. The molecule has 3 aliphatic rings. The van der Waals surface area contributed by atoms with Crippen LogP contribution in [0.1, 0.15) is 0 Å². The van der Waals surface area contributed by atoms with Crippen molar-refractivity contribution < 1.29 is 14.2 Å². The highest BCUT2D eigenvalue weighted by molar-refractivity contribution is 6.99. The molecular formula is C42H23BN2O3. The quantitative estimate of drug-likeness (QED) is 0.183. The number of fused-ring (bicyclic) bond motifs is 6. The zero-order valence-corrected chi connectivity index (χ0v) is 25.5. The fraction of sp³-hybridized carbons (Fsp3) is 0. The minimum Gasteiger partial charge on any atom is -0.458 e. The predicted octanol–water partition coefficient (Wildman–Crippen LogP) is 8.71. The zero-order chi connectivity index (χ0) is 31.1. The number of ether oxygens (including phenoxy) is 3. The molecule has 0 fully saturated rings. The van der Waals surface area contributed by atoms with Crippen LogP contribution in [-0.4, -0.2) is 15.8 Å². The molecular weight excluding hydrogens is 591 g/mol. The Kier molecular flexibility index (Phi) is 4.49. The molecule has 7 aromatic carbocycles. The third-order valence-corrected chi connectivity index (χ3v) is 10.4. The Morgan fingerprint density at radius 2 is 0.792 bits per heavy atom. The van der Waals surface area contributed by atoms with Crippen molar-refractivity contribution in [3.8, 4) is 45.9 Å². The van der Waals surface area contributed by atoms with Gasteiger partial charge in [0.2, 0.25) is 0 Å². The zero-order valence-electron chi connectivity index (χ0n) is 25.5. The lowest BCUT2D eigenvalue weighted by Gasteiger charge is -2.37. The smallest absolute Gasteiger partial charge is 0.270 e. The fourth-order valence-electron chi connectivity index (χ4n) is 8.50. The largest absolute Gasteiger partial charge is 0.458 e. The van der Waals surface area contributed by atoms with E-state index in [1.54, 1.807) is 0 Å². The first-order valence-electron chi connectivity index (χ1n) is 16.3. The van der Waals surface area contributed by atoms with E-state index >= 15 is 0 Å². The lowest BCUT2D eigenvalue weighted by Crippen LogP contribution is -2.59. The number of nitrogens with zero attached hydrogens (tertiary/aromatic N) is 2. The van der Waals surface area contributed by atoms with Crippen LogP contribution in [0.5, 0.6) is 34.5 Å². The molecule has 0 spiro atoms. The Bertz CT molecular complexity index is 2810. The molecule has 0 saturated carbocycles. The lowest BCUT2D eigenvalue weighted by atomic mass is 9.34. The van der Waals surface area contributed by atoms with Gasteiger partial charge < -0.3 is 23.3 Å². The molecule has 6 heteroatoms. The van der Waals surface area contributed by atoms with Crippen molar-refractivity contribution in [3.63, 3.8) is 0 Å². The maximum atomic E-state index is 6.72. The van der Waals surface area contributed by atoms with Crippen molar-refractivity contribution in [2.75, 3.05) is 0 Å². The molecule has 12 rings (SSSR count). The summed E-state index contributed by atoms with van der Waals surface area (Å²) in [7, 11) is 0. The highest BCUT2D eigenvalue weighted by atomic mass is 16.5. The maximum Gasteiger partial charge on any atom is 0.270 e. The SMILES string of the molecule is c1ccc(-n2c3ccccc3c3cc4c5ccccc5n(-c5cc6c7c(c5)Oc5cccc8c5B7c5c(cccc5O6)O8)c4cc32)cc1. The average molecular weight is 614 g/mol. The first-order chi connectivity index (χ1) is 23.8. The van der Waals surface area contributed by atoms with Crippen LogP contribution in [0.15, 0.2) is 140 Å². The van der Waals surface area contributed by atoms with Gasteiger partial charge in [-0.1, -0.05) is 66.7 Å². The monoisotopic (exact) mass is 614 g/mol. The average Bonchev–Trinajstić information content (AvgIpc) is 3.63. The molecule has 0 atom stereocenters. The van der Waals surface area contributed by atoms with Gasteiger partial charge in [0.15, 0.2) is 0 Å². The number of hydrogen-bond acceptors (Lipinski definition) is 3. The van der Waals surface area contributed by atoms with Gasteiger partial charge in [0.05, 0.1) is 27.8 Å². The summed E-state index contributed by atoms with van der Waals surface area (Å²) in [6.45, 7) is -0.0166. The molecule has 5 heterocycles. The van der Waals surface area contributed by atoms with Crippen LogP contribution in [0.25, 0.3) is 55.0 Å². The van der Waals surface area contributed by atoms with Gasteiger partial charge in [-0.05, 0) is 60.7 Å². The van der Waals surface area contributed by atoms with Gasteiger partial charge in [0.1, 0.15) is 34.5 Å². The molecule has 2 aromatic heterocycles. The normalized spacial score (nSPS) is 13.5. The summed E-state index contributed by atoms with van der Waals surface area (Å²) in [6.07, 6.45) is 0. The molecule has 0 amide bonds. The van der Waals surface area contributed by atoms with E-state index in [1.807, 2.05) is 36.4 Å². The molecule has 0 radical (unpaired) electrons. The number of benzene rings is 7. The third kappa shape index (κ3) is 3.03. The van der Waals surface area contributed by atoms with Crippen LogP contribution in [0.4, 0.5) is 0 Å². The highest BCUT2D eigenvalue weighted by Gasteiger charge is 2.46. The van der Waals surface area contributed by atoms with E-state index in [-0.39, 0.29) is 6.71 Å². The summed E-state index contributed by atoms with van der Waals surface area (Å²) < 4.78 is 24.5. The van der Waals surface area contributed by atoms with E-state index < -0.39 is 0 Å². The molecule has 5 nitrogen and oxygen atoms in total. The summed E-state index contributed by atoms with van der Waals surface area (Å²) >= 11 is 0. The summed E-state index contributed by atoms with van der Waals surface area (Å²) in [4.78, 5) is 0. The molecule has 0 aliphatic carbocycles. The minimum absolute atomic E-state index is 0.0166. The molecule has 3 aliphatic heterocycles. The van der Waals surface area contributed by atoms with Crippen molar-refractivity contribution in [2.45, 2.75) is 0 Å². The van der Waals surface area contributed by atoms with Gasteiger partial charge in [-0.3, -0.25) is 0 Å². The molecule has 0 saturated heterocycles.